The van der Waals surface area contributed by atoms with E-state index in [1.54, 1.807) is 14.0 Å². The maximum Gasteiger partial charge on any atom is 0.217 e. The van der Waals surface area contributed by atoms with Crippen LogP contribution in [-0.2, 0) is 29.9 Å². The molecule has 3 N–H and O–H groups in total. The van der Waals surface area contributed by atoms with Gasteiger partial charge in [0.1, 0.15) is 5.03 Å². The van der Waals surface area contributed by atoms with E-state index in [0.717, 1.165) is 96.0 Å². The monoisotopic (exact) mass is 873 g/mol. The van der Waals surface area contributed by atoms with E-state index < -0.39 is 10.8 Å². The molecule has 0 spiro atoms. The summed E-state index contributed by atoms with van der Waals surface area (Å²) in [7, 11) is 2.26. The number of piperazine rings is 1. The number of fused-ring (bicyclic) bond motifs is 2. The van der Waals surface area contributed by atoms with Crippen molar-refractivity contribution in [3.8, 4) is 5.75 Å². The molecule has 15 heteroatoms. The Balaban J connectivity index is 0.000000391. The SMILES string of the molecule is C=NOC(C)=NCCN1CCNCC1.CCCC1=C(C2COc3ccc4nc3N(C2)CC2C(C)CC2[C@@](C)(OC)/C=C/CC(C)C(CCOC)S4=O)C=CC(Cl)C1.NC=O. The third-order valence-corrected chi connectivity index (χ3v) is 14.8. The Hall–Kier alpha value is -3.14. The zero-order chi connectivity index (χ0) is 43.7. The number of methoxy groups -OCH3 is 2. The van der Waals surface area contributed by atoms with Crippen LogP contribution in [-0.4, -0.2) is 129 Å². The second-order valence-corrected chi connectivity index (χ2v) is 18.9. The van der Waals surface area contributed by atoms with E-state index in [1.165, 1.54) is 11.1 Å². The Morgan fingerprint density at radius 2 is 1.97 bits per heavy atom. The Morgan fingerprint density at radius 1 is 1.22 bits per heavy atom. The minimum Gasteiger partial charge on any atom is -0.489 e. The number of pyridine rings is 1. The molecule has 4 heterocycles. The number of alkyl halides is 1. The molecule has 6 rings (SSSR count). The van der Waals surface area contributed by atoms with Gasteiger partial charge in [0.25, 0.3) is 0 Å². The number of aromatic nitrogens is 1. The van der Waals surface area contributed by atoms with Crippen LogP contribution in [0.25, 0.3) is 0 Å². The van der Waals surface area contributed by atoms with Crippen molar-refractivity contribution < 1.29 is 28.1 Å². The van der Waals surface area contributed by atoms with Crippen molar-refractivity contribution in [2.45, 2.75) is 94.4 Å². The molecule has 9 atom stereocenters. The van der Waals surface area contributed by atoms with Crippen LogP contribution in [0.2, 0.25) is 0 Å². The maximum absolute atomic E-state index is 14.2. The quantitative estimate of drug-likeness (QED) is 0.0639. The molecule has 0 aromatic carbocycles. The van der Waals surface area contributed by atoms with Crippen LogP contribution in [0.15, 0.2) is 62.8 Å². The highest BCUT2D eigenvalue weighted by Gasteiger charge is 2.49. The van der Waals surface area contributed by atoms with Crippen LogP contribution in [0.1, 0.15) is 73.1 Å². The number of carbonyl (C=O) groups is 1. The smallest absolute Gasteiger partial charge is 0.217 e. The lowest BCUT2D eigenvalue weighted by molar-refractivity contribution is -0.106. The third-order valence-electron chi connectivity index (χ3n) is 12.6. The van der Waals surface area contributed by atoms with Gasteiger partial charge in [-0.3, -0.25) is 18.9 Å². The first kappa shape index (κ1) is 49.5. The summed E-state index contributed by atoms with van der Waals surface area (Å²) in [6.45, 7) is 23.0. The van der Waals surface area contributed by atoms with Gasteiger partial charge in [-0.05, 0) is 80.4 Å². The Kier molecular flexibility index (Phi) is 20.7. The lowest BCUT2D eigenvalue weighted by atomic mass is 9.59. The summed E-state index contributed by atoms with van der Waals surface area (Å²) in [5.41, 5.74) is 6.62. The molecule has 1 aromatic rings. The largest absolute Gasteiger partial charge is 0.489 e. The van der Waals surface area contributed by atoms with Gasteiger partial charge in [0.05, 0.1) is 34.9 Å². The van der Waals surface area contributed by atoms with E-state index in [4.69, 9.17) is 40.4 Å². The molecule has 2 aliphatic carbocycles. The third kappa shape index (κ3) is 13.7. The number of hydrogen-bond acceptors (Lipinski definition) is 12. The van der Waals surface area contributed by atoms with E-state index in [0.29, 0.717) is 48.3 Å². The molecule has 336 valence electrons. The second-order valence-electron chi connectivity index (χ2n) is 16.7. The second kappa shape index (κ2) is 25.1. The molecular formula is C45H72ClN7O6S. The van der Waals surface area contributed by atoms with Gasteiger partial charge < -0.3 is 35.0 Å². The van der Waals surface area contributed by atoms with Crippen LogP contribution in [0.5, 0.6) is 5.75 Å². The van der Waals surface area contributed by atoms with Crippen LogP contribution in [0.4, 0.5) is 5.82 Å². The molecule has 60 heavy (non-hydrogen) atoms. The molecule has 1 saturated carbocycles. The van der Waals surface area contributed by atoms with Gasteiger partial charge in [-0.2, -0.15) is 0 Å². The molecular weight excluding hydrogens is 802 g/mol. The van der Waals surface area contributed by atoms with Crippen LogP contribution in [0.3, 0.4) is 0 Å². The summed E-state index contributed by atoms with van der Waals surface area (Å²) < 4.78 is 32.4. The number of ether oxygens (including phenoxy) is 3. The van der Waals surface area contributed by atoms with Gasteiger partial charge >= 0.3 is 0 Å². The molecule has 5 aliphatic rings. The van der Waals surface area contributed by atoms with E-state index in [1.807, 2.05) is 19.2 Å². The standard InChI is InChI=1S/C35H51ClN2O4S.C9H18N4O.CH3NO/c1-7-9-25-19-27(36)11-12-28(25)26-20-38-21-29-24(3)18-30(29)35(4,41-6)16-8-10-23(2)32(15-17-40-5)43(39)33-14-13-31(42-22-26)34(38)37-33;1-9(14-10-2)12-5-8-13-6-3-11-4-7-13;2-1-3/h8,11-14,16,23-24,26-27,29-30,32H,7,9-10,15,17-22H2,1-6H3;11H,2-8H2,1H3;1H,(H2,2,3)/b16-8+;;/t23?,24?,26?,27?,29?,30?,32?,35-,43?;;/m0../s1. The first-order valence-corrected chi connectivity index (χ1v) is 23.4. The fourth-order valence-corrected chi connectivity index (χ4v) is 10.9. The topological polar surface area (TPSA) is 153 Å². The van der Waals surface area contributed by atoms with Crippen molar-refractivity contribution in [2.24, 2.45) is 45.5 Å². The molecule has 8 unspecified atom stereocenters. The summed E-state index contributed by atoms with van der Waals surface area (Å²) in [6.07, 6.45) is 14.9. The molecule has 2 fully saturated rings. The number of halogens is 1. The van der Waals surface area contributed by atoms with Crippen molar-refractivity contribution in [1.82, 2.24) is 15.2 Å². The number of amides is 1. The minimum absolute atomic E-state index is 0.0490. The van der Waals surface area contributed by atoms with Gasteiger partial charge in [0.2, 0.25) is 12.3 Å². The van der Waals surface area contributed by atoms with E-state index in [9.17, 15) is 4.21 Å². The van der Waals surface area contributed by atoms with Crippen molar-refractivity contribution >= 4 is 47.2 Å². The van der Waals surface area contributed by atoms with Gasteiger partial charge in [-0.15, -0.1) is 11.6 Å². The number of hydrogen-bond donors (Lipinski definition) is 2. The number of anilines is 1. The number of allylic oxidation sites excluding steroid dienone is 4. The summed E-state index contributed by atoms with van der Waals surface area (Å²) in [4.78, 5) is 27.5. The molecule has 1 saturated heterocycles. The summed E-state index contributed by atoms with van der Waals surface area (Å²) in [6, 6.07) is 3.92. The molecule has 0 radical (unpaired) electrons. The van der Waals surface area contributed by atoms with Gasteiger partial charge in [0, 0.05) is 91.4 Å². The van der Waals surface area contributed by atoms with E-state index in [-0.39, 0.29) is 34.5 Å². The lowest BCUT2D eigenvalue weighted by Crippen LogP contribution is -2.54. The number of rotatable bonds is 11. The van der Waals surface area contributed by atoms with Crippen molar-refractivity contribution in [3.63, 3.8) is 0 Å². The van der Waals surface area contributed by atoms with E-state index >= 15 is 0 Å². The summed E-state index contributed by atoms with van der Waals surface area (Å²) >= 11 is 6.59. The van der Waals surface area contributed by atoms with Crippen LogP contribution in [0, 0.1) is 29.6 Å². The van der Waals surface area contributed by atoms with Gasteiger partial charge in [-0.1, -0.05) is 62.2 Å². The van der Waals surface area contributed by atoms with Crippen molar-refractivity contribution in [1.29, 1.82) is 0 Å². The summed E-state index contributed by atoms with van der Waals surface area (Å²) in [5, 5.41) is 7.21. The predicted octanol–water partition coefficient (Wildman–Crippen LogP) is 6.39. The highest BCUT2D eigenvalue weighted by atomic mass is 35.5. The van der Waals surface area contributed by atoms with Gasteiger partial charge in [0.15, 0.2) is 11.6 Å². The number of nitrogens with two attached hydrogens (primary N) is 1. The van der Waals surface area contributed by atoms with E-state index in [2.05, 4.69) is 89.7 Å². The molecule has 2 bridgehead atoms. The Bertz CT molecular complexity index is 1670. The molecule has 1 aromatic heterocycles. The normalized spacial score (nSPS) is 31.3. The maximum atomic E-state index is 14.2. The fourth-order valence-electron chi connectivity index (χ4n) is 9.12. The first-order valence-electron chi connectivity index (χ1n) is 21.7. The number of aliphatic imine (C=N–C) groups is 1. The van der Waals surface area contributed by atoms with Crippen molar-refractivity contribution in [2.75, 3.05) is 84.7 Å². The molecule has 1 amide bonds. The Morgan fingerprint density at radius 3 is 2.63 bits per heavy atom. The Labute approximate surface area is 367 Å². The number of carbonyl (C=O) groups excluding carboxylic acids is 1. The lowest BCUT2D eigenvalue weighted by Gasteiger charge is -2.52. The number of oxime groups is 1. The number of nitrogens with zero attached hydrogens (tertiary/aromatic N) is 5. The highest BCUT2D eigenvalue weighted by Crippen LogP contribution is 2.50. The predicted molar refractivity (Wildman–Crippen MR) is 245 cm³/mol. The van der Waals surface area contributed by atoms with Gasteiger partial charge in [-0.25, -0.2) is 4.98 Å². The fraction of sp³-hybridized carbons (Fsp3) is 0.689. The number of nitrogens with one attached hydrogen (secondary N) is 1. The number of primary amides is 1. The zero-order valence-corrected chi connectivity index (χ0v) is 38.7. The van der Waals surface area contributed by atoms with Crippen molar-refractivity contribution in [3.05, 3.63) is 47.6 Å². The molecule has 13 nitrogen and oxygen atoms in total. The average Bonchev–Trinajstić information content (AvgIpc) is 3.41. The van der Waals surface area contributed by atoms with Crippen LogP contribution >= 0.6 is 11.6 Å². The first-order chi connectivity index (χ1) is 28.9. The molecule has 3 aliphatic heterocycles. The zero-order valence-electron chi connectivity index (χ0n) is 37.2. The average molecular weight is 875 g/mol. The highest BCUT2D eigenvalue weighted by molar-refractivity contribution is 7.85. The van der Waals surface area contributed by atoms with Crippen LogP contribution < -0.4 is 20.7 Å². The minimum atomic E-state index is -1.29. The summed E-state index contributed by atoms with van der Waals surface area (Å²) in [5.74, 6) is 3.98.